The molecule has 1 aromatic carbocycles. The van der Waals surface area contributed by atoms with Gasteiger partial charge in [-0.15, -0.1) is 0 Å². The van der Waals surface area contributed by atoms with Crippen LogP contribution in [0.25, 0.3) is 0 Å². The highest BCUT2D eigenvalue weighted by atomic mass is 32.2. The van der Waals surface area contributed by atoms with E-state index in [-0.39, 0.29) is 29.4 Å². The summed E-state index contributed by atoms with van der Waals surface area (Å²) in [6.45, 7) is 7.89. The van der Waals surface area contributed by atoms with Gasteiger partial charge in [0.05, 0.1) is 11.8 Å². The van der Waals surface area contributed by atoms with Crippen LogP contribution in [0.5, 0.6) is 0 Å². The average Bonchev–Trinajstić information content (AvgIpc) is 2.53. The molecule has 0 aliphatic carbocycles. The van der Waals surface area contributed by atoms with Crippen LogP contribution in [0.1, 0.15) is 49.8 Å². The van der Waals surface area contributed by atoms with Crippen molar-refractivity contribution in [3.05, 3.63) is 53.2 Å². The number of nitrogens with one attached hydrogen (secondary N) is 1. The number of hydrogen-bond donors (Lipinski definition) is 1. The summed E-state index contributed by atoms with van der Waals surface area (Å²) in [6, 6.07) is 7.85. The van der Waals surface area contributed by atoms with Gasteiger partial charge in [-0.1, -0.05) is 37.7 Å². The molecule has 128 valence electrons. The molecule has 4 nitrogen and oxygen atoms in total. The maximum Gasteiger partial charge on any atom is 0.230 e. The first kappa shape index (κ1) is 18.4. The van der Waals surface area contributed by atoms with Gasteiger partial charge in [0.1, 0.15) is 16.7 Å². The second-order valence-corrected chi connectivity index (χ2v) is 6.99. The SMILES string of the molecule is Cc1cc(SCC(=O)N[C@@H](C)c2ccc(F)cc2)nc(C(C)C)n1. The molecule has 0 bridgehead atoms. The van der Waals surface area contributed by atoms with E-state index in [2.05, 4.69) is 15.3 Å². The molecule has 0 aliphatic heterocycles. The Balaban J connectivity index is 1.92. The van der Waals surface area contributed by atoms with Crippen molar-refractivity contribution in [1.29, 1.82) is 0 Å². The van der Waals surface area contributed by atoms with E-state index in [0.29, 0.717) is 0 Å². The molecule has 24 heavy (non-hydrogen) atoms. The third-order valence-corrected chi connectivity index (χ3v) is 4.37. The van der Waals surface area contributed by atoms with E-state index >= 15 is 0 Å². The Morgan fingerprint density at radius 2 is 1.88 bits per heavy atom. The van der Waals surface area contributed by atoms with E-state index in [1.807, 2.05) is 33.8 Å². The molecule has 0 spiro atoms. The van der Waals surface area contributed by atoms with Crippen molar-refractivity contribution >= 4 is 17.7 Å². The Bertz CT molecular complexity index is 704. The highest BCUT2D eigenvalue weighted by Crippen LogP contribution is 2.20. The van der Waals surface area contributed by atoms with Crippen molar-refractivity contribution < 1.29 is 9.18 Å². The van der Waals surface area contributed by atoms with Gasteiger partial charge in [0, 0.05) is 11.6 Å². The highest BCUT2D eigenvalue weighted by Gasteiger charge is 2.12. The van der Waals surface area contributed by atoms with Gasteiger partial charge in [0.25, 0.3) is 0 Å². The molecule has 1 N–H and O–H groups in total. The molecule has 1 atom stereocenters. The standard InChI is InChI=1S/C18H22FN3OS/c1-11(2)18-20-12(3)9-17(22-18)24-10-16(23)21-13(4)14-5-7-15(19)8-6-14/h5-9,11,13H,10H2,1-4H3,(H,21,23)/t13-/m0/s1. The topological polar surface area (TPSA) is 54.9 Å². The number of nitrogens with zero attached hydrogens (tertiary/aromatic N) is 2. The lowest BCUT2D eigenvalue weighted by Gasteiger charge is -2.14. The third-order valence-electron chi connectivity index (χ3n) is 3.46. The number of halogens is 1. The highest BCUT2D eigenvalue weighted by molar-refractivity contribution is 7.99. The number of benzene rings is 1. The number of carbonyl (C=O) groups excluding carboxylic acids is 1. The van der Waals surface area contributed by atoms with E-state index in [0.717, 1.165) is 22.1 Å². The molecule has 1 amide bonds. The smallest absolute Gasteiger partial charge is 0.230 e. The normalized spacial score (nSPS) is 12.2. The zero-order chi connectivity index (χ0) is 17.7. The van der Waals surface area contributed by atoms with Crippen LogP contribution in [0, 0.1) is 12.7 Å². The Hall–Kier alpha value is -1.95. The molecule has 0 saturated carbocycles. The second kappa shape index (κ2) is 8.24. The summed E-state index contributed by atoms with van der Waals surface area (Å²) in [5.41, 5.74) is 1.77. The van der Waals surface area contributed by atoms with Crippen LogP contribution in [0.15, 0.2) is 35.4 Å². The van der Waals surface area contributed by atoms with Gasteiger partial charge in [0.15, 0.2) is 0 Å². The van der Waals surface area contributed by atoms with Gasteiger partial charge in [0.2, 0.25) is 5.91 Å². The fourth-order valence-corrected chi connectivity index (χ4v) is 2.93. The van der Waals surface area contributed by atoms with Crippen LogP contribution in [0.2, 0.25) is 0 Å². The van der Waals surface area contributed by atoms with E-state index < -0.39 is 0 Å². The number of aromatic nitrogens is 2. The van der Waals surface area contributed by atoms with E-state index in [9.17, 15) is 9.18 Å². The Morgan fingerprint density at radius 1 is 1.21 bits per heavy atom. The van der Waals surface area contributed by atoms with Crippen LogP contribution < -0.4 is 5.32 Å². The van der Waals surface area contributed by atoms with Gasteiger partial charge >= 0.3 is 0 Å². The molecule has 0 fully saturated rings. The number of hydrogen-bond acceptors (Lipinski definition) is 4. The van der Waals surface area contributed by atoms with Crippen molar-refractivity contribution in [1.82, 2.24) is 15.3 Å². The second-order valence-electron chi connectivity index (χ2n) is 5.99. The molecule has 0 aliphatic rings. The van der Waals surface area contributed by atoms with Crippen molar-refractivity contribution in [2.75, 3.05) is 5.75 Å². The zero-order valence-electron chi connectivity index (χ0n) is 14.3. The van der Waals surface area contributed by atoms with E-state index in [4.69, 9.17) is 0 Å². The summed E-state index contributed by atoms with van der Waals surface area (Å²) >= 11 is 1.39. The van der Waals surface area contributed by atoms with Crippen LogP contribution in [-0.2, 0) is 4.79 Å². The van der Waals surface area contributed by atoms with Crippen molar-refractivity contribution in [3.63, 3.8) is 0 Å². The van der Waals surface area contributed by atoms with E-state index in [1.54, 1.807) is 12.1 Å². The van der Waals surface area contributed by atoms with Gasteiger partial charge in [-0.25, -0.2) is 14.4 Å². The average molecular weight is 347 g/mol. The van der Waals surface area contributed by atoms with Gasteiger partial charge in [-0.2, -0.15) is 0 Å². The Labute approximate surface area is 146 Å². The molecule has 6 heteroatoms. The minimum atomic E-state index is -0.284. The maximum atomic E-state index is 12.9. The number of aryl methyl sites for hydroxylation is 1. The zero-order valence-corrected chi connectivity index (χ0v) is 15.2. The lowest BCUT2D eigenvalue weighted by atomic mass is 10.1. The molecule has 1 heterocycles. The fraction of sp³-hybridized carbons (Fsp3) is 0.389. The number of amides is 1. The monoisotopic (exact) mass is 347 g/mol. The largest absolute Gasteiger partial charge is 0.349 e. The first-order chi connectivity index (χ1) is 11.3. The van der Waals surface area contributed by atoms with Crippen LogP contribution in [0.3, 0.4) is 0 Å². The summed E-state index contributed by atoms with van der Waals surface area (Å²) in [6.07, 6.45) is 0. The van der Waals surface area contributed by atoms with Gasteiger partial charge in [-0.3, -0.25) is 4.79 Å². The van der Waals surface area contributed by atoms with Gasteiger partial charge in [-0.05, 0) is 37.6 Å². The molecule has 2 rings (SSSR count). The Kier molecular flexibility index (Phi) is 6.31. The lowest BCUT2D eigenvalue weighted by Crippen LogP contribution is -2.28. The number of carbonyl (C=O) groups is 1. The number of thioether (sulfide) groups is 1. The fourth-order valence-electron chi connectivity index (χ4n) is 2.15. The predicted molar refractivity (Wildman–Crippen MR) is 94.5 cm³/mol. The summed E-state index contributed by atoms with van der Waals surface area (Å²) in [4.78, 5) is 21.0. The molecule has 0 radical (unpaired) electrons. The first-order valence-corrected chi connectivity index (χ1v) is 8.87. The molecular weight excluding hydrogens is 325 g/mol. The summed E-state index contributed by atoms with van der Waals surface area (Å²) in [7, 11) is 0. The van der Waals surface area contributed by atoms with E-state index in [1.165, 1.54) is 23.9 Å². The van der Waals surface area contributed by atoms with Gasteiger partial charge < -0.3 is 5.32 Å². The van der Waals surface area contributed by atoms with Crippen LogP contribution >= 0.6 is 11.8 Å². The summed E-state index contributed by atoms with van der Waals surface area (Å²) in [5, 5.41) is 3.71. The van der Waals surface area contributed by atoms with Crippen LogP contribution in [0.4, 0.5) is 4.39 Å². The summed E-state index contributed by atoms with van der Waals surface area (Å²) < 4.78 is 12.9. The maximum absolute atomic E-state index is 12.9. The number of rotatable bonds is 6. The summed E-state index contributed by atoms with van der Waals surface area (Å²) in [5.74, 6) is 0.945. The van der Waals surface area contributed by atoms with Crippen molar-refractivity contribution in [2.24, 2.45) is 0 Å². The van der Waals surface area contributed by atoms with Crippen molar-refractivity contribution in [2.45, 2.75) is 44.7 Å². The van der Waals surface area contributed by atoms with Crippen molar-refractivity contribution in [3.8, 4) is 0 Å². The molecule has 1 aromatic heterocycles. The van der Waals surface area contributed by atoms with Crippen LogP contribution in [-0.4, -0.2) is 21.6 Å². The third kappa shape index (κ3) is 5.30. The molecule has 0 saturated heterocycles. The Morgan fingerprint density at radius 3 is 2.50 bits per heavy atom. The molecule has 2 aromatic rings. The predicted octanol–water partition coefficient (Wildman–Crippen LogP) is 4.02. The molecule has 0 unspecified atom stereocenters. The quantitative estimate of drug-likeness (QED) is 0.633. The minimum Gasteiger partial charge on any atom is -0.349 e. The molecular formula is C18H22FN3OS. The lowest BCUT2D eigenvalue weighted by molar-refractivity contribution is -0.119. The minimum absolute atomic E-state index is 0.0841. The first-order valence-electron chi connectivity index (χ1n) is 7.88.